The second-order valence-electron chi connectivity index (χ2n) is 6.26. The van der Waals surface area contributed by atoms with Gasteiger partial charge in [-0.2, -0.15) is 0 Å². The third kappa shape index (κ3) is 5.41. The molecule has 0 spiro atoms. The zero-order valence-corrected chi connectivity index (χ0v) is 16.3. The summed E-state index contributed by atoms with van der Waals surface area (Å²) in [6, 6.07) is 8.93. The molecule has 1 atom stereocenters. The highest BCUT2D eigenvalue weighted by atomic mass is 32.2. The standard InChI is InChI=1S/C20H21F4NO2S/c1-3-8-25(11-13-6-4-5-7-14(13)20(26)27)16-10-17(12(2)9-15(16)21)28-19(24)18(22)23/h4-7,9-10,18-19H,3,8,11H2,1-2H3,(H,26,27). The second kappa shape index (κ2) is 9.82. The molecule has 0 fully saturated rings. The zero-order chi connectivity index (χ0) is 20.8. The van der Waals surface area contributed by atoms with Crippen LogP contribution in [0.25, 0.3) is 0 Å². The second-order valence-corrected chi connectivity index (χ2v) is 7.38. The van der Waals surface area contributed by atoms with Crippen LogP contribution in [0.3, 0.4) is 0 Å². The van der Waals surface area contributed by atoms with Gasteiger partial charge in [0, 0.05) is 18.0 Å². The average molecular weight is 415 g/mol. The number of aromatic carboxylic acids is 1. The van der Waals surface area contributed by atoms with Gasteiger partial charge in [0.05, 0.1) is 11.3 Å². The van der Waals surface area contributed by atoms with Gasteiger partial charge < -0.3 is 10.0 Å². The highest BCUT2D eigenvalue weighted by Crippen LogP contribution is 2.35. The Hall–Kier alpha value is -2.22. The molecule has 0 saturated heterocycles. The number of halogens is 4. The van der Waals surface area contributed by atoms with Crippen molar-refractivity contribution in [2.24, 2.45) is 0 Å². The fourth-order valence-corrected chi connectivity index (χ4v) is 3.58. The van der Waals surface area contributed by atoms with Crippen molar-refractivity contribution < 1.29 is 27.5 Å². The van der Waals surface area contributed by atoms with Gasteiger partial charge in [-0.25, -0.2) is 22.4 Å². The molecule has 3 nitrogen and oxygen atoms in total. The summed E-state index contributed by atoms with van der Waals surface area (Å²) in [7, 11) is 0. The van der Waals surface area contributed by atoms with Crippen LogP contribution in [0, 0.1) is 12.7 Å². The van der Waals surface area contributed by atoms with Gasteiger partial charge in [0.1, 0.15) is 5.82 Å². The third-order valence-corrected chi connectivity index (χ3v) is 5.25. The molecular formula is C20H21F4NO2S. The number of nitrogens with zero attached hydrogens (tertiary/aromatic N) is 1. The minimum Gasteiger partial charge on any atom is -0.478 e. The summed E-state index contributed by atoms with van der Waals surface area (Å²) in [6.07, 6.45) is -2.50. The monoisotopic (exact) mass is 415 g/mol. The summed E-state index contributed by atoms with van der Waals surface area (Å²) in [4.78, 5) is 13.3. The lowest BCUT2D eigenvalue weighted by molar-refractivity contribution is 0.0695. The molecule has 0 radical (unpaired) electrons. The fraction of sp³-hybridized carbons (Fsp3) is 0.350. The summed E-state index contributed by atoms with van der Waals surface area (Å²) in [5.41, 5.74) is -1.33. The van der Waals surface area contributed by atoms with Crippen LogP contribution in [0.15, 0.2) is 41.3 Å². The number of rotatable bonds is 9. The summed E-state index contributed by atoms with van der Waals surface area (Å²) in [5.74, 6) is -1.67. The minimum atomic E-state index is -3.15. The summed E-state index contributed by atoms with van der Waals surface area (Å²) >= 11 is 0.347. The maximum Gasteiger partial charge on any atom is 0.336 e. The van der Waals surface area contributed by atoms with E-state index < -0.39 is 23.7 Å². The number of carbonyl (C=O) groups is 1. The van der Waals surface area contributed by atoms with E-state index in [0.717, 1.165) is 0 Å². The molecule has 8 heteroatoms. The molecule has 0 saturated carbocycles. The molecule has 1 unspecified atom stereocenters. The number of benzene rings is 2. The van der Waals surface area contributed by atoms with Crippen LogP contribution >= 0.6 is 11.8 Å². The number of carboxylic acid groups (broad SMARTS) is 1. The van der Waals surface area contributed by atoms with E-state index in [2.05, 4.69) is 0 Å². The maximum absolute atomic E-state index is 14.7. The van der Waals surface area contributed by atoms with Crippen molar-refractivity contribution in [3.8, 4) is 0 Å². The topological polar surface area (TPSA) is 40.5 Å². The van der Waals surface area contributed by atoms with Crippen molar-refractivity contribution in [3.05, 3.63) is 58.9 Å². The van der Waals surface area contributed by atoms with E-state index in [1.165, 1.54) is 25.1 Å². The van der Waals surface area contributed by atoms with E-state index in [1.807, 2.05) is 6.92 Å². The van der Waals surface area contributed by atoms with Gasteiger partial charge in [0.2, 0.25) is 5.50 Å². The van der Waals surface area contributed by atoms with E-state index >= 15 is 0 Å². The van der Waals surface area contributed by atoms with Crippen molar-refractivity contribution in [2.45, 2.75) is 43.6 Å². The first kappa shape index (κ1) is 22.1. The summed E-state index contributed by atoms with van der Waals surface area (Å²) in [5, 5.41) is 9.36. The molecule has 0 aliphatic rings. The first-order chi connectivity index (χ1) is 13.2. The largest absolute Gasteiger partial charge is 0.478 e. The molecule has 0 aromatic heterocycles. The predicted octanol–water partition coefficient (Wildman–Crippen LogP) is 5.90. The smallest absolute Gasteiger partial charge is 0.336 e. The predicted molar refractivity (Wildman–Crippen MR) is 103 cm³/mol. The van der Waals surface area contributed by atoms with Gasteiger partial charge in [0.15, 0.2) is 0 Å². The molecule has 0 amide bonds. The van der Waals surface area contributed by atoms with E-state index in [0.29, 0.717) is 35.9 Å². The van der Waals surface area contributed by atoms with Gasteiger partial charge in [0.25, 0.3) is 6.43 Å². The highest BCUT2D eigenvalue weighted by Gasteiger charge is 2.23. The molecule has 1 N–H and O–H groups in total. The lowest BCUT2D eigenvalue weighted by atomic mass is 10.1. The molecular weight excluding hydrogens is 394 g/mol. The number of anilines is 1. The SMILES string of the molecule is CCCN(Cc1ccccc1C(=O)O)c1cc(SC(F)C(F)F)c(C)cc1F. The summed E-state index contributed by atoms with van der Waals surface area (Å²) in [6.45, 7) is 3.93. The van der Waals surface area contributed by atoms with Crippen molar-refractivity contribution in [2.75, 3.05) is 11.4 Å². The summed E-state index contributed by atoms with van der Waals surface area (Å²) < 4.78 is 53.3. The normalized spacial score (nSPS) is 12.2. The van der Waals surface area contributed by atoms with E-state index in [4.69, 9.17) is 0 Å². The third-order valence-electron chi connectivity index (χ3n) is 4.13. The first-order valence-electron chi connectivity index (χ1n) is 8.69. The Kier molecular flexibility index (Phi) is 7.74. The number of thioether (sulfide) groups is 1. The van der Waals surface area contributed by atoms with E-state index in [9.17, 15) is 27.5 Å². The van der Waals surface area contributed by atoms with Crippen molar-refractivity contribution in [3.63, 3.8) is 0 Å². The molecule has 0 aliphatic heterocycles. The van der Waals surface area contributed by atoms with Gasteiger partial charge >= 0.3 is 5.97 Å². The van der Waals surface area contributed by atoms with Crippen LogP contribution in [-0.4, -0.2) is 29.5 Å². The van der Waals surface area contributed by atoms with Gasteiger partial charge in [-0.3, -0.25) is 0 Å². The molecule has 2 rings (SSSR count). The zero-order valence-electron chi connectivity index (χ0n) is 15.5. The Labute approximate surface area is 165 Å². The van der Waals surface area contributed by atoms with Crippen molar-refractivity contribution in [1.82, 2.24) is 0 Å². The molecule has 2 aromatic carbocycles. The van der Waals surface area contributed by atoms with Crippen molar-refractivity contribution >= 4 is 23.4 Å². The average Bonchev–Trinajstić information content (AvgIpc) is 2.63. The lowest BCUT2D eigenvalue weighted by Gasteiger charge is -2.27. The maximum atomic E-state index is 14.7. The Bertz CT molecular complexity index is 832. The Morgan fingerprint density at radius 1 is 1.21 bits per heavy atom. The molecule has 28 heavy (non-hydrogen) atoms. The Balaban J connectivity index is 2.41. The van der Waals surface area contributed by atoms with Gasteiger partial charge in [-0.05, 0) is 42.7 Å². The number of aryl methyl sites for hydroxylation is 1. The Morgan fingerprint density at radius 3 is 2.50 bits per heavy atom. The molecule has 0 bridgehead atoms. The lowest BCUT2D eigenvalue weighted by Crippen LogP contribution is -2.26. The van der Waals surface area contributed by atoms with Gasteiger partial charge in [-0.15, -0.1) is 0 Å². The Morgan fingerprint density at radius 2 is 1.89 bits per heavy atom. The van der Waals surface area contributed by atoms with Crippen LogP contribution in [0.1, 0.15) is 34.8 Å². The van der Waals surface area contributed by atoms with E-state index in [-0.39, 0.29) is 22.7 Å². The van der Waals surface area contributed by atoms with Crippen LogP contribution in [-0.2, 0) is 6.54 Å². The molecule has 2 aromatic rings. The number of hydrogen-bond donors (Lipinski definition) is 1. The van der Waals surface area contributed by atoms with Crippen molar-refractivity contribution in [1.29, 1.82) is 0 Å². The minimum absolute atomic E-state index is 0.104. The number of carboxylic acids is 1. The van der Waals surface area contributed by atoms with Crippen LogP contribution < -0.4 is 4.90 Å². The number of alkyl halides is 3. The quantitative estimate of drug-likeness (QED) is 0.409. The molecule has 0 aliphatic carbocycles. The van der Waals surface area contributed by atoms with E-state index in [1.54, 1.807) is 23.1 Å². The van der Waals surface area contributed by atoms with Crippen LogP contribution in [0.4, 0.5) is 23.2 Å². The molecule has 0 heterocycles. The number of hydrogen-bond acceptors (Lipinski definition) is 3. The van der Waals surface area contributed by atoms with Gasteiger partial charge in [-0.1, -0.05) is 36.9 Å². The first-order valence-corrected chi connectivity index (χ1v) is 9.57. The highest BCUT2D eigenvalue weighted by molar-refractivity contribution is 7.99. The molecule has 152 valence electrons. The fourth-order valence-electron chi connectivity index (χ4n) is 2.81. The van der Waals surface area contributed by atoms with Crippen LogP contribution in [0.2, 0.25) is 0 Å². The van der Waals surface area contributed by atoms with Crippen LogP contribution in [0.5, 0.6) is 0 Å².